The molecule has 0 rings (SSSR count). The van der Waals surface area contributed by atoms with Gasteiger partial charge in [0.25, 0.3) is 0 Å². The Balaban J connectivity index is 4.74. The topological polar surface area (TPSA) is 43.4 Å². The van der Waals surface area contributed by atoms with E-state index in [1.54, 1.807) is 0 Å². The summed E-state index contributed by atoms with van der Waals surface area (Å²) in [6.07, 6.45) is -5.41. The highest BCUT2D eigenvalue weighted by atomic mass is 19.4. The molecule has 0 aromatic heterocycles. The Labute approximate surface area is 84.9 Å². The van der Waals surface area contributed by atoms with Crippen LogP contribution in [-0.4, -0.2) is 24.7 Å². The fourth-order valence-corrected chi connectivity index (χ4v) is 0.923. The summed E-state index contributed by atoms with van der Waals surface area (Å²) in [6, 6.07) is 0. The molecule has 0 N–H and O–H groups in total. The van der Waals surface area contributed by atoms with Crippen molar-refractivity contribution in [2.75, 3.05) is 6.61 Å². The molecule has 0 aliphatic carbocycles. The van der Waals surface area contributed by atoms with Crippen molar-refractivity contribution in [3.63, 3.8) is 0 Å². The van der Waals surface area contributed by atoms with Crippen molar-refractivity contribution in [3.05, 3.63) is 5.57 Å². The smallest absolute Gasteiger partial charge is 0.402 e. The van der Waals surface area contributed by atoms with E-state index in [2.05, 4.69) is 4.74 Å². The van der Waals surface area contributed by atoms with E-state index in [0.29, 0.717) is 0 Å². The number of esters is 1. The number of hydrogen-bond acceptors (Lipinski definition) is 3. The average Bonchev–Trinajstić information content (AvgIpc) is 2.12. The lowest BCUT2D eigenvalue weighted by molar-refractivity contribution is -0.197. The lowest BCUT2D eigenvalue weighted by atomic mass is 10.0. The molecule has 0 saturated heterocycles. The molecule has 0 amide bonds. The first kappa shape index (κ1) is 13.7. The lowest BCUT2D eigenvalue weighted by Crippen LogP contribution is -2.32. The van der Waals surface area contributed by atoms with Crippen LogP contribution >= 0.6 is 0 Å². The second kappa shape index (κ2) is 5.56. The van der Waals surface area contributed by atoms with Gasteiger partial charge >= 0.3 is 12.1 Å². The highest BCUT2D eigenvalue weighted by molar-refractivity contribution is 5.74. The monoisotopic (exact) mass is 224 g/mol. The molecule has 86 valence electrons. The van der Waals surface area contributed by atoms with Crippen molar-refractivity contribution in [3.8, 4) is 0 Å². The summed E-state index contributed by atoms with van der Waals surface area (Å²) in [6.45, 7) is 2.47. The van der Waals surface area contributed by atoms with Gasteiger partial charge in [0.2, 0.25) is 0 Å². The van der Waals surface area contributed by atoms with Crippen LogP contribution in [0.3, 0.4) is 0 Å². The molecule has 0 fully saturated rings. The minimum Gasteiger partial charge on any atom is -0.466 e. The normalized spacial score (nSPS) is 12.9. The molecule has 1 unspecified atom stereocenters. The van der Waals surface area contributed by atoms with E-state index >= 15 is 0 Å². The number of alkyl halides is 3. The quantitative estimate of drug-likeness (QED) is 0.541. The third kappa shape index (κ3) is 4.65. The predicted octanol–water partition coefficient (Wildman–Crippen LogP) is 1.90. The van der Waals surface area contributed by atoms with Gasteiger partial charge in [0.1, 0.15) is 5.94 Å². The average molecular weight is 224 g/mol. The molecule has 0 aromatic rings. The maximum absolute atomic E-state index is 12.3. The van der Waals surface area contributed by atoms with E-state index in [9.17, 15) is 22.8 Å². The van der Waals surface area contributed by atoms with Crippen LogP contribution in [-0.2, 0) is 14.3 Å². The largest absolute Gasteiger partial charge is 0.466 e. The number of rotatable bonds is 4. The van der Waals surface area contributed by atoms with Crippen LogP contribution in [0.4, 0.5) is 13.2 Å². The summed E-state index contributed by atoms with van der Waals surface area (Å²) in [5.74, 6) is -2.32. The van der Waals surface area contributed by atoms with Crippen LogP contribution in [0.25, 0.3) is 0 Å². The molecule has 15 heavy (non-hydrogen) atoms. The van der Waals surface area contributed by atoms with Gasteiger partial charge in [0, 0.05) is 12.0 Å². The van der Waals surface area contributed by atoms with Crippen molar-refractivity contribution < 1.29 is 27.5 Å². The van der Waals surface area contributed by atoms with Gasteiger partial charge in [-0.1, -0.05) is 0 Å². The van der Waals surface area contributed by atoms with E-state index in [1.807, 2.05) is 0 Å². The maximum Gasteiger partial charge on any atom is 0.402 e. The standard InChI is InChI=1S/C9H11F3O3/c1-3-15-8(14)7(9(10,11)12)4-6(2)5-13/h7H,3-4H2,1-2H3. The fraction of sp³-hybridized carbons (Fsp3) is 0.667. The lowest BCUT2D eigenvalue weighted by Gasteiger charge is -2.17. The highest BCUT2D eigenvalue weighted by Gasteiger charge is 2.45. The Hall–Kier alpha value is -1.29. The molecule has 0 bridgehead atoms. The maximum atomic E-state index is 12.3. The minimum atomic E-state index is -4.70. The van der Waals surface area contributed by atoms with Gasteiger partial charge in [-0.25, -0.2) is 4.79 Å². The van der Waals surface area contributed by atoms with Gasteiger partial charge in [-0.05, 0) is 13.8 Å². The van der Waals surface area contributed by atoms with E-state index in [4.69, 9.17) is 0 Å². The Morgan fingerprint density at radius 2 is 2.00 bits per heavy atom. The van der Waals surface area contributed by atoms with Crippen LogP contribution in [0.2, 0.25) is 0 Å². The van der Waals surface area contributed by atoms with Gasteiger partial charge in [-0.3, -0.25) is 4.79 Å². The third-order valence-corrected chi connectivity index (χ3v) is 1.65. The third-order valence-electron chi connectivity index (χ3n) is 1.65. The molecule has 0 aliphatic rings. The summed E-state index contributed by atoms with van der Waals surface area (Å²) in [7, 11) is 0. The summed E-state index contributed by atoms with van der Waals surface area (Å²) in [4.78, 5) is 21.0. The van der Waals surface area contributed by atoms with Crippen LogP contribution in [0.1, 0.15) is 20.3 Å². The highest BCUT2D eigenvalue weighted by Crippen LogP contribution is 2.31. The Kier molecular flexibility index (Phi) is 5.08. The van der Waals surface area contributed by atoms with Gasteiger partial charge < -0.3 is 4.74 Å². The van der Waals surface area contributed by atoms with Gasteiger partial charge in [0.05, 0.1) is 6.61 Å². The molecule has 0 saturated carbocycles. The molecule has 3 nitrogen and oxygen atoms in total. The number of halogens is 3. The second-order valence-corrected chi connectivity index (χ2v) is 2.93. The summed E-state index contributed by atoms with van der Waals surface area (Å²) in [5.41, 5.74) is -0.162. The van der Waals surface area contributed by atoms with Gasteiger partial charge in [-0.15, -0.1) is 0 Å². The zero-order chi connectivity index (χ0) is 12.1. The van der Waals surface area contributed by atoms with Crippen LogP contribution in [0.5, 0.6) is 0 Å². The second-order valence-electron chi connectivity index (χ2n) is 2.93. The molecule has 0 aliphatic heterocycles. The molecule has 6 heteroatoms. The van der Waals surface area contributed by atoms with E-state index in [0.717, 1.165) is 0 Å². The number of carbonyl (C=O) groups excluding carboxylic acids is 2. The van der Waals surface area contributed by atoms with E-state index < -0.39 is 24.5 Å². The number of carbonyl (C=O) groups is 1. The number of ether oxygens (including phenoxy) is 1. The first-order valence-corrected chi connectivity index (χ1v) is 4.26. The van der Waals surface area contributed by atoms with E-state index in [1.165, 1.54) is 19.8 Å². The molecular formula is C9H11F3O3. The molecule has 0 spiro atoms. The SMILES string of the molecule is CCOC(=O)C(CC(C)=C=O)C(F)(F)F. The van der Waals surface area contributed by atoms with Crippen molar-refractivity contribution in [1.29, 1.82) is 0 Å². The number of hydrogen-bond donors (Lipinski definition) is 0. The van der Waals surface area contributed by atoms with E-state index in [-0.39, 0.29) is 12.2 Å². The Morgan fingerprint density at radius 1 is 1.47 bits per heavy atom. The Bertz CT molecular complexity index is 277. The van der Waals surface area contributed by atoms with Crippen molar-refractivity contribution in [2.24, 2.45) is 5.92 Å². The van der Waals surface area contributed by atoms with Gasteiger partial charge in [-0.2, -0.15) is 13.2 Å². The predicted molar refractivity (Wildman–Crippen MR) is 45.7 cm³/mol. The molecule has 1 atom stereocenters. The van der Waals surface area contributed by atoms with Crippen LogP contribution in [0.15, 0.2) is 5.57 Å². The van der Waals surface area contributed by atoms with Crippen molar-refractivity contribution >= 4 is 11.9 Å². The fourth-order valence-electron chi connectivity index (χ4n) is 0.923. The first-order chi connectivity index (χ1) is 6.82. The zero-order valence-corrected chi connectivity index (χ0v) is 8.35. The summed E-state index contributed by atoms with van der Waals surface area (Å²) >= 11 is 0. The molecule has 0 aromatic carbocycles. The first-order valence-electron chi connectivity index (χ1n) is 4.26. The van der Waals surface area contributed by atoms with Crippen molar-refractivity contribution in [1.82, 2.24) is 0 Å². The summed E-state index contributed by atoms with van der Waals surface area (Å²) in [5, 5.41) is 0. The molecular weight excluding hydrogens is 213 g/mol. The van der Waals surface area contributed by atoms with Crippen molar-refractivity contribution in [2.45, 2.75) is 26.4 Å². The zero-order valence-electron chi connectivity index (χ0n) is 8.35. The minimum absolute atomic E-state index is 0.130. The van der Waals surface area contributed by atoms with Crippen LogP contribution in [0, 0.1) is 5.92 Å². The van der Waals surface area contributed by atoms with Gasteiger partial charge in [0.15, 0.2) is 5.92 Å². The Morgan fingerprint density at radius 3 is 2.33 bits per heavy atom. The number of allylic oxidation sites excluding steroid dienone is 1. The molecule has 0 radical (unpaired) electrons. The van der Waals surface area contributed by atoms with Crippen LogP contribution < -0.4 is 0 Å². The molecule has 0 heterocycles. The summed E-state index contributed by atoms with van der Waals surface area (Å²) < 4.78 is 41.3.